The van der Waals surface area contributed by atoms with Crippen LogP contribution in [-0.4, -0.2) is 50.3 Å². The number of rotatable bonds is 2. The molecular weight excluding hydrogens is 262 g/mol. The van der Waals surface area contributed by atoms with Crippen molar-refractivity contribution >= 4 is 10.0 Å². The van der Waals surface area contributed by atoms with E-state index in [1.54, 1.807) is 0 Å². The third-order valence-electron chi connectivity index (χ3n) is 3.54. The summed E-state index contributed by atoms with van der Waals surface area (Å²) in [5.74, 6) is 0. The largest absolute Gasteiger partial charge is 0.301 e. The summed E-state index contributed by atoms with van der Waals surface area (Å²) >= 11 is 0. The highest BCUT2D eigenvalue weighted by Gasteiger charge is 2.30. The van der Waals surface area contributed by atoms with Gasteiger partial charge in [-0.1, -0.05) is 0 Å². The van der Waals surface area contributed by atoms with Crippen LogP contribution >= 0.6 is 0 Å². The van der Waals surface area contributed by atoms with E-state index in [4.69, 9.17) is 5.26 Å². The summed E-state index contributed by atoms with van der Waals surface area (Å²) in [5.41, 5.74) is 0.464. The molecule has 1 aromatic carbocycles. The lowest BCUT2D eigenvalue weighted by Crippen LogP contribution is -2.51. The van der Waals surface area contributed by atoms with E-state index in [-0.39, 0.29) is 10.9 Å². The van der Waals surface area contributed by atoms with E-state index in [1.165, 1.54) is 28.6 Å². The van der Waals surface area contributed by atoms with Crippen LogP contribution in [0.2, 0.25) is 0 Å². The fourth-order valence-corrected chi connectivity index (χ4v) is 3.60. The van der Waals surface area contributed by atoms with Gasteiger partial charge in [0, 0.05) is 25.7 Å². The van der Waals surface area contributed by atoms with Gasteiger partial charge in [-0.2, -0.15) is 9.57 Å². The maximum absolute atomic E-state index is 12.5. The molecule has 0 radical (unpaired) electrons. The molecule has 2 rings (SSSR count). The van der Waals surface area contributed by atoms with Gasteiger partial charge in [0.05, 0.1) is 16.5 Å². The van der Waals surface area contributed by atoms with E-state index >= 15 is 0 Å². The average molecular weight is 279 g/mol. The second kappa shape index (κ2) is 5.29. The van der Waals surface area contributed by atoms with E-state index < -0.39 is 10.0 Å². The number of nitriles is 1. The smallest absolute Gasteiger partial charge is 0.243 e. The Morgan fingerprint density at radius 1 is 1.26 bits per heavy atom. The van der Waals surface area contributed by atoms with Gasteiger partial charge in [-0.25, -0.2) is 8.42 Å². The molecule has 1 saturated heterocycles. The fraction of sp³-hybridized carbons (Fsp3) is 0.462. The third-order valence-corrected chi connectivity index (χ3v) is 5.42. The van der Waals surface area contributed by atoms with Crippen LogP contribution in [0.4, 0.5) is 0 Å². The molecule has 0 N–H and O–H groups in total. The second-order valence-corrected chi connectivity index (χ2v) is 6.77. The van der Waals surface area contributed by atoms with Crippen LogP contribution in [-0.2, 0) is 10.0 Å². The number of nitrogens with zero attached hydrogens (tertiary/aromatic N) is 3. The van der Waals surface area contributed by atoms with E-state index in [9.17, 15) is 8.42 Å². The number of hydrogen-bond donors (Lipinski definition) is 0. The SMILES string of the molecule is CC1CN(S(=O)(=O)c2ccc(C#N)cc2)CCN1C. The van der Waals surface area contributed by atoms with Crippen LogP contribution < -0.4 is 0 Å². The summed E-state index contributed by atoms with van der Waals surface area (Å²) in [7, 11) is -1.45. The first-order valence-electron chi connectivity index (χ1n) is 6.15. The van der Waals surface area contributed by atoms with Crippen LogP contribution in [0.25, 0.3) is 0 Å². The monoisotopic (exact) mass is 279 g/mol. The van der Waals surface area contributed by atoms with E-state index in [2.05, 4.69) is 4.90 Å². The van der Waals surface area contributed by atoms with Crippen molar-refractivity contribution in [3.63, 3.8) is 0 Å². The molecule has 19 heavy (non-hydrogen) atoms. The highest BCUT2D eigenvalue weighted by molar-refractivity contribution is 7.89. The number of benzene rings is 1. The van der Waals surface area contributed by atoms with Gasteiger partial charge in [-0.05, 0) is 38.2 Å². The lowest BCUT2D eigenvalue weighted by atomic mass is 10.2. The van der Waals surface area contributed by atoms with Crippen molar-refractivity contribution in [2.24, 2.45) is 0 Å². The van der Waals surface area contributed by atoms with Crippen molar-refractivity contribution in [1.82, 2.24) is 9.21 Å². The molecule has 1 heterocycles. The summed E-state index contributed by atoms with van der Waals surface area (Å²) in [6.45, 7) is 3.75. The Balaban J connectivity index is 2.25. The predicted molar refractivity (Wildman–Crippen MR) is 72.0 cm³/mol. The molecule has 0 amide bonds. The first kappa shape index (κ1) is 14.0. The Morgan fingerprint density at radius 2 is 1.89 bits per heavy atom. The summed E-state index contributed by atoms with van der Waals surface area (Å²) in [6, 6.07) is 8.26. The molecule has 1 unspecified atom stereocenters. The van der Waals surface area contributed by atoms with Crippen molar-refractivity contribution in [3.05, 3.63) is 29.8 Å². The van der Waals surface area contributed by atoms with Crippen molar-refractivity contribution in [2.45, 2.75) is 17.9 Å². The minimum atomic E-state index is -3.45. The maximum atomic E-state index is 12.5. The van der Waals surface area contributed by atoms with E-state index in [0.29, 0.717) is 18.7 Å². The van der Waals surface area contributed by atoms with Gasteiger partial charge in [0.25, 0.3) is 0 Å². The molecule has 5 nitrogen and oxygen atoms in total. The Labute approximate surface area is 114 Å². The number of hydrogen-bond acceptors (Lipinski definition) is 4. The van der Waals surface area contributed by atoms with Crippen molar-refractivity contribution in [2.75, 3.05) is 26.7 Å². The fourth-order valence-electron chi connectivity index (χ4n) is 2.08. The molecule has 6 heteroatoms. The zero-order chi connectivity index (χ0) is 14.0. The van der Waals surface area contributed by atoms with Gasteiger partial charge in [-0.3, -0.25) is 0 Å². The van der Waals surface area contributed by atoms with Gasteiger partial charge in [0.2, 0.25) is 10.0 Å². The molecular formula is C13H17N3O2S. The highest BCUT2D eigenvalue weighted by Crippen LogP contribution is 2.19. The van der Waals surface area contributed by atoms with Crippen LogP contribution in [0.5, 0.6) is 0 Å². The molecule has 102 valence electrons. The summed E-state index contributed by atoms with van der Waals surface area (Å²) in [5, 5.41) is 8.73. The van der Waals surface area contributed by atoms with Crippen LogP contribution in [0.1, 0.15) is 12.5 Å². The van der Waals surface area contributed by atoms with Gasteiger partial charge in [-0.15, -0.1) is 0 Å². The third kappa shape index (κ3) is 2.78. The minimum absolute atomic E-state index is 0.210. The summed E-state index contributed by atoms with van der Waals surface area (Å²) in [6.07, 6.45) is 0. The van der Waals surface area contributed by atoms with Crippen molar-refractivity contribution in [3.8, 4) is 6.07 Å². The summed E-state index contributed by atoms with van der Waals surface area (Å²) in [4.78, 5) is 2.40. The highest BCUT2D eigenvalue weighted by atomic mass is 32.2. The number of likely N-dealkylation sites (N-methyl/N-ethyl adjacent to an activating group) is 1. The molecule has 0 aromatic heterocycles. The van der Waals surface area contributed by atoms with Crippen molar-refractivity contribution in [1.29, 1.82) is 5.26 Å². The van der Waals surface area contributed by atoms with Crippen molar-refractivity contribution < 1.29 is 8.42 Å². The van der Waals surface area contributed by atoms with E-state index in [1.807, 2.05) is 20.0 Å². The number of piperazine rings is 1. The van der Waals surface area contributed by atoms with Crippen LogP contribution in [0, 0.1) is 11.3 Å². The van der Waals surface area contributed by atoms with Crippen LogP contribution in [0.3, 0.4) is 0 Å². The molecule has 0 saturated carbocycles. The molecule has 1 aliphatic heterocycles. The Morgan fingerprint density at radius 3 is 2.42 bits per heavy atom. The topological polar surface area (TPSA) is 64.4 Å². The normalized spacial score (nSPS) is 22.1. The van der Waals surface area contributed by atoms with Gasteiger partial charge in [0.1, 0.15) is 0 Å². The first-order chi connectivity index (χ1) is 8.95. The molecule has 1 fully saturated rings. The minimum Gasteiger partial charge on any atom is -0.301 e. The molecule has 0 bridgehead atoms. The average Bonchev–Trinajstić information content (AvgIpc) is 2.41. The van der Waals surface area contributed by atoms with E-state index in [0.717, 1.165) is 6.54 Å². The maximum Gasteiger partial charge on any atom is 0.243 e. The zero-order valence-electron chi connectivity index (χ0n) is 11.1. The lowest BCUT2D eigenvalue weighted by Gasteiger charge is -2.36. The van der Waals surface area contributed by atoms with Gasteiger partial charge < -0.3 is 4.90 Å². The molecule has 0 spiro atoms. The predicted octanol–water partition coefficient (Wildman–Crippen LogP) is 0.883. The summed E-state index contributed by atoms with van der Waals surface area (Å²) < 4.78 is 26.4. The van der Waals surface area contributed by atoms with Crippen LogP contribution in [0.15, 0.2) is 29.2 Å². The van der Waals surface area contributed by atoms with Gasteiger partial charge >= 0.3 is 0 Å². The molecule has 0 aliphatic carbocycles. The quantitative estimate of drug-likeness (QED) is 0.806. The Hall–Kier alpha value is -1.42. The Kier molecular flexibility index (Phi) is 3.90. The second-order valence-electron chi connectivity index (χ2n) is 4.83. The lowest BCUT2D eigenvalue weighted by molar-refractivity contribution is 0.159. The number of sulfonamides is 1. The molecule has 1 aromatic rings. The molecule has 1 atom stereocenters. The molecule has 1 aliphatic rings. The Bertz CT molecular complexity index is 589. The first-order valence-corrected chi connectivity index (χ1v) is 7.59. The zero-order valence-corrected chi connectivity index (χ0v) is 11.9. The van der Waals surface area contributed by atoms with Gasteiger partial charge in [0.15, 0.2) is 0 Å². The standard InChI is InChI=1S/C13H17N3O2S/c1-11-10-16(8-7-15(11)2)19(17,18)13-5-3-12(9-14)4-6-13/h3-6,11H,7-8,10H2,1-2H3.